The van der Waals surface area contributed by atoms with Crippen LogP contribution in [0.4, 0.5) is 0 Å². The summed E-state index contributed by atoms with van der Waals surface area (Å²) in [4.78, 5) is 11.9. The smallest absolute Gasteiger partial charge is 0.246 e. The number of fused-ring (bicyclic) bond motifs is 1. The van der Waals surface area contributed by atoms with E-state index in [9.17, 15) is 4.79 Å². The number of piperidine rings is 1. The van der Waals surface area contributed by atoms with Crippen molar-refractivity contribution < 1.29 is 9.53 Å². The molecular formula is C17H30N2O2. The van der Waals surface area contributed by atoms with Crippen molar-refractivity contribution in [3.05, 3.63) is 0 Å². The Hall–Kier alpha value is -0.610. The van der Waals surface area contributed by atoms with Crippen LogP contribution in [0.15, 0.2) is 0 Å². The van der Waals surface area contributed by atoms with Gasteiger partial charge in [-0.2, -0.15) is 0 Å². The molecule has 4 unspecified atom stereocenters. The van der Waals surface area contributed by atoms with E-state index in [0.29, 0.717) is 12.1 Å². The SMILES string of the molecule is O=C(COC1CCC2CCCC2C1)NCC1CCCCN1. The lowest BCUT2D eigenvalue weighted by Gasteiger charge is -2.31. The maximum atomic E-state index is 11.9. The molecule has 3 aliphatic rings. The summed E-state index contributed by atoms with van der Waals surface area (Å²) in [6.45, 7) is 2.08. The van der Waals surface area contributed by atoms with Crippen LogP contribution in [-0.2, 0) is 9.53 Å². The van der Waals surface area contributed by atoms with E-state index in [1.54, 1.807) is 0 Å². The second-order valence-corrected chi connectivity index (χ2v) is 7.15. The fourth-order valence-corrected chi connectivity index (χ4v) is 4.39. The Morgan fingerprint density at radius 3 is 2.81 bits per heavy atom. The third-order valence-electron chi connectivity index (χ3n) is 5.65. The van der Waals surface area contributed by atoms with Gasteiger partial charge < -0.3 is 15.4 Å². The van der Waals surface area contributed by atoms with Gasteiger partial charge in [0.2, 0.25) is 5.91 Å². The molecule has 3 rings (SSSR count). The van der Waals surface area contributed by atoms with Gasteiger partial charge in [0.25, 0.3) is 0 Å². The Balaban J connectivity index is 1.30. The number of amides is 1. The van der Waals surface area contributed by atoms with Gasteiger partial charge in [0.15, 0.2) is 0 Å². The summed E-state index contributed by atoms with van der Waals surface area (Å²) in [5.74, 6) is 1.88. The van der Waals surface area contributed by atoms with Crippen LogP contribution >= 0.6 is 0 Å². The van der Waals surface area contributed by atoms with Crippen molar-refractivity contribution in [3.8, 4) is 0 Å². The van der Waals surface area contributed by atoms with Crippen molar-refractivity contribution in [2.75, 3.05) is 19.7 Å². The van der Waals surface area contributed by atoms with E-state index < -0.39 is 0 Å². The van der Waals surface area contributed by atoms with E-state index in [-0.39, 0.29) is 12.5 Å². The second-order valence-electron chi connectivity index (χ2n) is 7.15. The molecule has 1 aliphatic heterocycles. The van der Waals surface area contributed by atoms with Gasteiger partial charge in [0, 0.05) is 12.6 Å². The standard InChI is InChI=1S/C17H30N2O2/c20-17(19-11-15-6-1-2-9-18-15)12-21-16-8-7-13-4-3-5-14(13)10-16/h13-16,18H,1-12H2,(H,19,20). The minimum absolute atomic E-state index is 0.0518. The first-order valence-corrected chi connectivity index (χ1v) is 8.93. The fourth-order valence-electron chi connectivity index (χ4n) is 4.39. The lowest BCUT2D eigenvalue weighted by atomic mass is 9.80. The lowest BCUT2D eigenvalue weighted by Crippen LogP contribution is -2.44. The van der Waals surface area contributed by atoms with Crippen LogP contribution in [0.2, 0.25) is 0 Å². The molecule has 2 aliphatic carbocycles. The van der Waals surface area contributed by atoms with Crippen LogP contribution < -0.4 is 10.6 Å². The highest BCUT2D eigenvalue weighted by atomic mass is 16.5. The first-order chi connectivity index (χ1) is 10.3. The van der Waals surface area contributed by atoms with E-state index >= 15 is 0 Å². The summed E-state index contributed by atoms with van der Waals surface area (Å²) in [6.07, 6.45) is 11.9. The highest BCUT2D eigenvalue weighted by molar-refractivity contribution is 5.77. The number of hydrogen-bond donors (Lipinski definition) is 2. The van der Waals surface area contributed by atoms with Crippen LogP contribution in [0.3, 0.4) is 0 Å². The molecule has 3 fully saturated rings. The topological polar surface area (TPSA) is 50.4 Å². The summed E-state index contributed by atoms with van der Waals surface area (Å²) in [6, 6.07) is 0.455. The van der Waals surface area contributed by atoms with Gasteiger partial charge in [0.1, 0.15) is 6.61 Å². The van der Waals surface area contributed by atoms with Gasteiger partial charge in [-0.1, -0.05) is 25.7 Å². The molecule has 0 spiro atoms. The maximum absolute atomic E-state index is 11.9. The van der Waals surface area contributed by atoms with Gasteiger partial charge in [-0.3, -0.25) is 4.79 Å². The summed E-state index contributed by atoms with van der Waals surface area (Å²) < 4.78 is 5.86. The Kier molecular flexibility index (Phi) is 5.53. The molecular weight excluding hydrogens is 264 g/mol. The van der Waals surface area contributed by atoms with Gasteiger partial charge >= 0.3 is 0 Å². The van der Waals surface area contributed by atoms with Gasteiger partial charge in [0.05, 0.1) is 6.10 Å². The highest BCUT2D eigenvalue weighted by Gasteiger charge is 2.34. The molecule has 4 nitrogen and oxygen atoms in total. The summed E-state index contributed by atoms with van der Waals surface area (Å²) >= 11 is 0. The summed E-state index contributed by atoms with van der Waals surface area (Å²) in [5.41, 5.74) is 0. The third-order valence-corrected chi connectivity index (χ3v) is 5.65. The molecule has 1 heterocycles. The summed E-state index contributed by atoms with van der Waals surface area (Å²) in [5, 5.41) is 6.46. The average molecular weight is 294 g/mol. The fraction of sp³-hybridized carbons (Fsp3) is 0.941. The average Bonchev–Trinajstić information content (AvgIpc) is 2.99. The molecule has 1 amide bonds. The van der Waals surface area contributed by atoms with E-state index in [4.69, 9.17) is 4.74 Å². The molecule has 4 heteroatoms. The van der Waals surface area contributed by atoms with Crippen LogP contribution in [0, 0.1) is 11.8 Å². The van der Waals surface area contributed by atoms with E-state index in [2.05, 4.69) is 10.6 Å². The Morgan fingerprint density at radius 1 is 1.05 bits per heavy atom. The predicted octanol–water partition coefficient (Wildman–Crippen LogP) is 2.23. The van der Waals surface area contributed by atoms with E-state index in [0.717, 1.165) is 31.3 Å². The van der Waals surface area contributed by atoms with E-state index in [1.807, 2.05) is 0 Å². The summed E-state index contributed by atoms with van der Waals surface area (Å²) in [7, 11) is 0. The number of carbonyl (C=O) groups excluding carboxylic acids is 1. The van der Waals surface area contributed by atoms with Crippen LogP contribution in [0.1, 0.15) is 57.8 Å². The zero-order chi connectivity index (χ0) is 14.5. The molecule has 0 aromatic heterocycles. The van der Waals surface area contributed by atoms with Crippen molar-refractivity contribution >= 4 is 5.91 Å². The number of ether oxygens (including phenoxy) is 1. The molecule has 2 N–H and O–H groups in total. The van der Waals surface area contributed by atoms with Crippen LogP contribution in [0.25, 0.3) is 0 Å². The van der Waals surface area contributed by atoms with Crippen molar-refractivity contribution in [2.45, 2.75) is 69.9 Å². The molecule has 2 saturated carbocycles. The molecule has 0 aromatic carbocycles. The molecule has 1 saturated heterocycles. The normalized spacial score (nSPS) is 36.2. The number of rotatable bonds is 5. The highest BCUT2D eigenvalue weighted by Crippen LogP contribution is 2.42. The molecule has 4 atom stereocenters. The minimum Gasteiger partial charge on any atom is -0.368 e. The Morgan fingerprint density at radius 2 is 1.95 bits per heavy atom. The number of nitrogens with one attached hydrogen (secondary N) is 2. The number of hydrogen-bond acceptors (Lipinski definition) is 3. The quantitative estimate of drug-likeness (QED) is 0.817. The molecule has 21 heavy (non-hydrogen) atoms. The second kappa shape index (κ2) is 7.59. The molecule has 0 bridgehead atoms. The maximum Gasteiger partial charge on any atom is 0.246 e. The predicted molar refractivity (Wildman–Crippen MR) is 83.1 cm³/mol. The molecule has 0 radical (unpaired) electrons. The van der Waals surface area contributed by atoms with Crippen LogP contribution in [-0.4, -0.2) is 37.7 Å². The van der Waals surface area contributed by atoms with E-state index in [1.165, 1.54) is 51.4 Å². The van der Waals surface area contributed by atoms with Crippen molar-refractivity contribution in [2.24, 2.45) is 11.8 Å². The lowest BCUT2D eigenvalue weighted by molar-refractivity contribution is -0.129. The van der Waals surface area contributed by atoms with Crippen molar-refractivity contribution in [3.63, 3.8) is 0 Å². The first-order valence-electron chi connectivity index (χ1n) is 8.93. The van der Waals surface area contributed by atoms with Gasteiger partial charge in [-0.15, -0.1) is 0 Å². The van der Waals surface area contributed by atoms with Gasteiger partial charge in [-0.25, -0.2) is 0 Å². The Bertz CT molecular complexity index is 342. The molecule has 120 valence electrons. The first kappa shape index (κ1) is 15.3. The van der Waals surface area contributed by atoms with Crippen LogP contribution in [0.5, 0.6) is 0 Å². The number of carbonyl (C=O) groups is 1. The Labute approximate surface area is 128 Å². The minimum atomic E-state index is 0.0518. The molecule has 0 aromatic rings. The van der Waals surface area contributed by atoms with Crippen molar-refractivity contribution in [1.82, 2.24) is 10.6 Å². The monoisotopic (exact) mass is 294 g/mol. The zero-order valence-electron chi connectivity index (χ0n) is 13.1. The van der Waals surface area contributed by atoms with Gasteiger partial charge in [-0.05, 0) is 50.5 Å². The van der Waals surface area contributed by atoms with Crippen molar-refractivity contribution in [1.29, 1.82) is 0 Å². The zero-order valence-corrected chi connectivity index (χ0v) is 13.1. The largest absolute Gasteiger partial charge is 0.368 e. The third kappa shape index (κ3) is 4.43.